The Morgan fingerprint density at radius 3 is 2.41 bits per heavy atom. The lowest BCUT2D eigenvalue weighted by atomic mass is 10.1. The van der Waals surface area contributed by atoms with Gasteiger partial charge >= 0.3 is 0 Å². The van der Waals surface area contributed by atoms with Gasteiger partial charge in [-0.25, -0.2) is 12.8 Å². The quantitative estimate of drug-likeness (QED) is 0.616. The summed E-state index contributed by atoms with van der Waals surface area (Å²) in [4.78, 5) is 14.9. The molecule has 1 aliphatic heterocycles. The number of carbonyl (C=O) groups is 1. The number of anilines is 1. The van der Waals surface area contributed by atoms with Crippen molar-refractivity contribution in [1.29, 1.82) is 0 Å². The van der Waals surface area contributed by atoms with Crippen molar-refractivity contribution < 1.29 is 22.3 Å². The molecule has 0 unspecified atom stereocenters. The Kier molecular flexibility index (Phi) is 7.86. The van der Waals surface area contributed by atoms with E-state index in [0.717, 1.165) is 18.4 Å². The van der Waals surface area contributed by atoms with E-state index in [-0.39, 0.29) is 16.6 Å². The van der Waals surface area contributed by atoms with Gasteiger partial charge in [0.25, 0.3) is 0 Å². The van der Waals surface area contributed by atoms with Gasteiger partial charge in [-0.15, -0.1) is 0 Å². The van der Waals surface area contributed by atoms with E-state index in [0.29, 0.717) is 31.9 Å². The van der Waals surface area contributed by atoms with Crippen LogP contribution in [0.15, 0.2) is 47.4 Å². The van der Waals surface area contributed by atoms with Crippen LogP contribution in [-0.2, 0) is 21.4 Å². The number of sulfonamides is 1. The average molecular weight is 464 g/mol. The Balaban J connectivity index is 1.64. The first-order valence-electron chi connectivity index (χ1n) is 10.7. The van der Waals surface area contributed by atoms with Gasteiger partial charge in [0.1, 0.15) is 0 Å². The molecule has 1 N–H and O–H groups in total. The summed E-state index contributed by atoms with van der Waals surface area (Å²) in [5, 5.41) is 2.84. The smallest absolute Gasteiger partial charge is 0.243 e. The van der Waals surface area contributed by atoms with E-state index in [1.807, 2.05) is 11.8 Å². The third-order valence-corrected chi connectivity index (χ3v) is 7.67. The van der Waals surface area contributed by atoms with Crippen molar-refractivity contribution >= 4 is 21.6 Å². The number of methoxy groups -OCH3 is 1. The normalized spacial score (nSPS) is 15.7. The second-order valence-corrected chi connectivity index (χ2v) is 9.77. The largest absolute Gasteiger partial charge is 0.494 e. The first-order chi connectivity index (χ1) is 15.3. The summed E-state index contributed by atoms with van der Waals surface area (Å²) in [6, 6.07) is 10.5. The first kappa shape index (κ1) is 24.2. The molecule has 0 spiro atoms. The van der Waals surface area contributed by atoms with E-state index in [4.69, 9.17) is 4.74 Å². The molecule has 32 heavy (non-hydrogen) atoms. The van der Waals surface area contributed by atoms with Crippen LogP contribution in [0.2, 0.25) is 0 Å². The van der Waals surface area contributed by atoms with Gasteiger partial charge in [0.15, 0.2) is 11.6 Å². The first-order valence-corrected chi connectivity index (χ1v) is 12.2. The molecule has 1 amide bonds. The topological polar surface area (TPSA) is 79.0 Å². The van der Waals surface area contributed by atoms with Crippen LogP contribution in [0, 0.1) is 5.82 Å². The van der Waals surface area contributed by atoms with Gasteiger partial charge in [-0.2, -0.15) is 4.31 Å². The van der Waals surface area contributed by atoms with Crippen molar-refractivity contribution in [2.45, 2.75) is 44.2 Å². The number of carbonyl (C=O) groups excluding carboxylic acids is 1. The van der Waals surface area contributed by atoms with E-state index in [2.05, 4.69) is 5.32 Å². The van der Waals surface area contributed by atoms with Crippen molar-refractivity contribution in [1.82, 2.24) is 9.21 Å². The lowest BCUT2D eigenvalue weighted by Gasteiger charge is -2.27. The van der Waals surface area contributed by atoms with Crippen LogP contribution in [0.1, 0.15) is 32.3 Å². The highest BCUT2D eigenvalue weighted by Gasteiger charge is 2.27. The lowest BCUT2D eigenvalue weighted by Crippen LogP contribution is -2.41. The van der Waals surface area contributed by atoms with E-state index >= 15 is 0 Å². The van der Waals surface area contributed by atoms with E-state index in [9.17, 15) is 17.6 Å². The molecule has 2 aromatic rings. The van der Waals surface area contributed by atoms with Crippen LogP contribution in [0.25, 0.3) is 0 Å². The zero-order valence-corrected chi connectivity index (χ0v) is 19.5. The monoisotopic (exact) mass is 463 g/mol. The third kappa shape index (κ3) is 5.46. The molecule has 1 heterocycles. The Labute approximate surface area is 189 Å². The number of amides is 1. The maximum absolute atomic E-state index is 14.0. The van der Waals surface area contributed by atoms with Gasteiger partial charge in [-0.1, -0.05) is 13.0 Å². The highest BCUT2D eigenvalue weighted by Crippen LogP contribution is 2.23. The molecule has 1 fully saturated rings. The number of nitrogens with zero attached hydrogens (tertiary/aromatic N) is 2. The van der Waals surface area contributed by atoms with E-state index in [1.165, 1.54) is 29.6 Å². The number of halogens is 1. The molecule has 0 saturated carbocycles. The Morgan fingerprint density at radius 1 is 1.19 bits per heavy atom. The molecule has 1 saturated heterocycles. The second-order valence-electron chi connectivity index (χ2n) is 7.83. The van der Waals surface area contributed by atoms with Crippen LogP contribution in [0.5, 0.6) is 5.75 Å². The highest BCUT2D eigenvalue weighted by atomic mass is 32.2. The SMILES string of the molecule is CCN(Cc1ccc(OC)c(F)c1)[C@@H](C)C(=O)Nc1ccc(S(=O)(=O)N2CCCC2)cc1. The Hall–Kier alpha value is -2.49. The van der Waals surface area contributed by atoms with Crippen LogP contribution in [0.3, 0.4) is 0 Å². The van der Waals surface area contributed by atoms with Gasteiger partial charge in [0.05, 0.1) is 18.0 Å². The fraction of sp³-hybridized carbons (Fsp3) is 0.435. The van der Waals surface area contributed by atoms with Gasteiger partial charge < -0.3 is 10.1 Å². The summed E-state index contributed by atoms with van der Waals surface area (Å²) in [5.41, 5.74) is 1.26. The minimum Gasteiger partial charge on any atom is -0.494 e. The summed E-state index contributed by atoms with van der Waals surface area (Å²) in [6.45, 7) is 5.80. The van der Waals surface area contributed by atoms with Gasteiger partial charge in [-0.3, -0.25) is 9.69 Å². The minimum atomic E-state index is -3.49. The maximum Gasteiger partial charge on any atom is 0.243 e. The number of hydrogen-bond acceptors (Lipinski definition) is 5. The van der Waals surface area contributed by atoms with Crippen LogP contribution < -0.4 is 10.1 Å². The molecule has 3 rings (SSSR count). The zero-order valence-electron chi connectivity index (χ0n) is 18.7. The summed E-state index contributed by atoms with van der Waals surface area (Å²) >= 11 is 0. The van der Waals surface area contributed by atoms with Gasteiger partial charge in [0, 0.05) is 25.3 Å². The highest BCUT2D eigenvalue weighted by molar-refractivity contribution is 7.89. The van der Waals surface area contributed by atoms with Crippen molar-refractivity contribution in [2.75, 3.05) is 32.1 Å². The Bertz CT molecular complexity index is 1040. The molecular formula is C23H30FN3O4S. The lowest BCUT2D eigenvalue weighted by molar-refractivity contribution is -0.120. The second kappa shape index (κ2) is 10.4. The van der Waals surface area contributed by atoms with Gasteiger partial charge in [0.2, 0.25) is 15.9 Å². The summed E-state index contributed by atoms with van der Waals surface area (Å²) in [5.74, 6) is -0.490. The molecule has 9 heteroatoms. The molecular weight excluding hydrogens is 433 g/mol. The van der Waals surface area contributed by atoms with Crippen molar-refractivity contribution in [3.8, 4) is 5.75 Å². The maximum atomic E-state index is 14.0. The Morgan fingerprint density at radius 2 is 1.84 bits per heavy atom. The molecule has 0 aromatic heterocycles. The molecule has 0 aliphatic carbocycles. The molecule has 0 bridgehead atoms. The van der Waals surface area contributed by atoms with Crippen molar-refractivity contribution in [3.63, 3.8) is 0 Å². The number of ether oxygens (including phenoxy) is 1. The van der Waals surface area contributed by atoms with E-state index < -0.39 is 21.9 Å². The summed E-state index contributed by atoms with van der Waals surface area (Å²) in [7, 11) is -2.07. The minimum absolute atomic E-state index is 0.179. The van der Waals surface area contributed by atoms with Crippen molar-refractivity contribution in [2.24, 2.45) is 0 Å². The van der Waals surface area contributed by atoms with Crippen LogP contribution >= 0.6 is 0 Å². The van der Waals surface area contributed by atoms with Crippen molar-refractivity contribution in [3.05, 3.63) is 53.8 Å². The number of likely N-dealkylation sites (N-methyl/N-ethyl adjacent to an activating group) is 1. The fourth-order valence-corrected chi connectivity index (χ4v) is 5.28. The third-order valence-electron chi connectivity index (χ3n) is 5.76. The predicted octanol–water partition coefficient (Wildman–Crippen LogP) is 3.47. The standard InChI is InChI=1S/C23H30FN3O4S/c1-4-26(16-18-7-12-22(31-3)21(24)15-18)17(2)23(28)25-19-8-10-20(11-9-19)32(29,30)27-13-5-6-14-27/h7-12,15,17H,4-6,13-14,16H2,1-3H3,(H,25,28)/t17-/m0/s1. The molecule has 2 aromatic carbocycles. The number of rotatable bonds is 9. The summed E-state index contributed by atoms with van der Waals surface area (Å²) in [6.07, 6.45) is 1.75. The molecule has 1 atom stereocenters. The predicted molar refractivity (Wildman–Crippen MR) is 122 cm³/mol. The number of benzene rings is 2. The zero-order chi connectivity index (χ0) is 23.3. The molecule has 0 radical (unpaired) electrons. The van der Waals surface area contributed by atoms with Gasteiger partial charge in [-0.05, 0) is 68.3 Å². The number of nitrogens with one attached hydrogen (secondary N) is 1. The number of hydrogen-bond donors (Lipinski definition) is 1. The van der Waals surface area contributed by atoms with E-state index in [1.54, 1.807) is 31.2 Å². The molecule has 7 nitrogen and oxygen atoms in total. The molecule has 1 aliphatic rings. The average Bonchev–Trinajstić information content (AvgIpc) is 3.33. The fourth-order valence-electron chi connectivity index (χ4n) is 3.77. The molecule has 174 valence electrons. The van der Waals surface area contributed by atoms with Crippen LogP contribution in [0.4, 0.5) is 10.1 Å². The summed E-state index contributed by atoms with van der Waals surface area (Å²) < 4.78 is 45.7. The van der Waals surface area contributed by atoms with Crippen LogP contribution in [-0.4, -0.2) is 56.3 Å².